The molecule has 0 spiro atoms. The Bertz CT molecular complexity index is 457. The molecule has 0 bridgehead atoms. The Kier molecular flexibility index (Phi) is 6.56. The zero-order valence-electron chi connectivity index (χ0n) is 12.1. The number of carbonyl (C=O) groups excluding carboxylic acids is 2. The van der Waals surface area contributed by atoms with Crippen LogP contribution in [0, 0.1) is 0 Å². The predicted molar refractivity (Wildman–Crippen MR) is 73.8 cm³/mol. The third kappa shape index (κ3) is 4.26. The minimum atomic E-state index is -0.512. The van der Waals surface area contributed by atoms with E-state index in [-0.39, 0.29) is 18.8 Å². The molecule has 5 heteroatoms. The van der Waals surface area contributed by atoms with Crippen molar-refractivity contribution in [3.63, 3.8) is 0 Å². The van der Waals surface area contributed by atoms with Crippen molar-refractivity contribution in [2.24, 2.45) is 0 Å². The fourth-order valence-electron chi connectivity index (χ4n) is 1.72. The molecule has 5 nitrogen and oxygen atoms in total. The van der Waals surface area contributed by atoms with E-state index in [1.54, 1.807) is 32.3 Å². The highest BCUT2D eigenvalue weighted by atomic mass is 16.5. The van der Waals surface area contributed by atoms with Gasteiger partial charge in [-0.3, -0.25) is 0 Å². The van der Waals surface area contributed by atoms with E-state index in [1.807, 2.05) is 6.92 Å². The lowest BCUT2D eigenvalue weighted by molar-refractivity contribution is -0.141. The van der Waals surface area contributed by atoms with Gasteiger partial charge in [-0.15, -0.1) is 0 Å². The van der Waals surface area contributed by atoms with Gasteiger partial charge in [0, 0.05) is 6.42 Å². The summed E-state index contributed by atoms with van der Waals surface area (Å²) in [4.78, 5) is 23.8. The minimum Gasteiger partial charge on any atom is -0.501 e. The molecule has 0 heterocycles. The summed E-state index contributed by atoms with van der Waals surface area (Å²) in [5.74, 6) is -1.01. The maximum Gasteiger partial charge on any atom is 0.338 e. The monoisotopic (exact) mass is 280 g/mol. The Hall–Kier alpha value is -2.04. The molecule has 0 fully saturated rings. The van der Waals surface area contributed by atoms with Crippen molar-refractivity contribution >= 4 is 11.9 Å². The smallest absolute Gasteiger partial charge is 0.338 e. The molecule has 0 aromatic heterocycles. The van der Waals surface area contributed by atoms with Gasteiger partial charge in [-0.1, -0.05) is 6.08 Å². The standard InChI is InChI=1S/C15H20O5/c1-4-18-10-11-7-8-12(14(16)19-5-2)13(9-11)15(17)20-6-3/h7-8,10H,4-6,9H2,1-3H3. The van der Waals surface area contributed by atoms with Gasteiger partial charge in [-0.25, -0.2) is 9.59 Å². The van der Waals surface area contributed by atoms with Crippen molar-refractivity contribution in [1.82, 2.24) is 0 Å². The van der Waals surface area contributed by atoms with Crippen LogP contribution in [0.15, 0.2) is 35.1 Å². The number of hydrogen-bond acceptors (Lipinski definition) is 5. The molecule has 0 atom stereocenters. The van der Waals surface area contributed by atoms with Gasteiger partial charge in [0.25, 0.3) is 0 Å². The summed E-state index contributed by atoms with van der Waals surface area (Å²) in [5.41, 5.74) is 1.36. The highest BCUT2D eigenvalue weighted by Crippen LogP contribution is 2.25. The number of carbonyl (C=O) groups is 2. The van der Waals surface area contributed by atoms with Crippen molar-refractivity contribution < 1.29 is 23.8 Å². The predicted octanol–water partition coefficient (Wildman–Crippen LogP) is 2.29. The van der Waals surface area contributed by atoms with Crippen LogP contribution in [0.5, 0.6) is 0 Å². The third-order valence-electron chi connectivity index (χ3n) is 2.59. The molecule has 0 saturated heterocycles. The molecule has 0 radical (unpaired) electrons. The molecule has 1 aliphatic carbocycles. The molecule has 20 heavy (non-hydrogen) atoms. The molecule has 0 N–H and O–H groups in total. The molecule has 0 aromatic rings. The van der Waals surface area contributed by atoms with Gasteiger partial charge < -0.3 is 14.2 Å². The number of ether oxygens (including phenoxy) is 3. The lowest BCUT2D eigenvalue weighted by Gasteiger charge is -2.15. The van der Waals surface area contributed by atoms with Crippen LogP contribution in [0.4, 0.5) is 0 Å². The number of esters is 2. The molecule has 0 aromatic carbocycles. The van der Waals surface area contributed by atoms with Gasteiger partial charge >= 0.3 is 11.9 Å². The van der Waals surface area contributed by atoms with E-state index in [2.05, 4.69) is 0 Å². The van der Waals surface area contributed by atoms with Crippen LogP contribution in [-0.2, 0) is 23.8 Å². The van der Waals surface area contributed by atoms with Crippen molar-refractivity contribution in [3.8, 4) is 0 Å². The summed E-state index contributed by atoms with van der Waals surface area (Å²) < 4.78 is 15.1. The number of rotatable bonds is 6. The first-order valence-electron chi connectivity index (χ1n) is 6.70. The number of hydrogen-bond donors (Lipinski definition) is 0. The molecule has 0 amide bonds. The van der Waals surface area contributed by atoms with E-state index >= 15 is 0 Å². The Balaban J connectivity index is 3.02. The first-order valence-corrected chi connectivity index (χ1v) is 6.70. The lowest BCUT2D eigenvalue weighted by atomic mass is 9.94. The molecule has 0 saturated carbocycles. The van der Waals surface area contributed by atoms with E-state index in [4.69, 9.17) is 14.2 Å². The van der Waals surface area contributed by atoms with E-state index in [0.29, 0.717) is 18.6 Å². The minimum absolute atomic E-state index is 0.249. The van der Waals surface area contributed by atoms with Crippen molar-refractivity contribution in [1.29, 1.82) is 0 Å². The summed E-state index contributed by atoms with van der Waals surface area (Å²) in [5, 5.41) is 0. The largest absolute Gasteiger partial charge is 0.501 e. The fourth-order valence-corrected chi connectivity index (χ4v) is 1.72. The summed E-state index contributed by atoms with van der Waals surface area (Å²) in [6, 6.07) is 0. The van der Waals surface area contributed by atoms with Gasteiger partial charge in [0.2, 0.25) is 0 Å². The van der Waals surface area contributed by atoms with Crippen LogP contribution < -0.4 is 0 Å². The third-order valence-corrected chi connectivity index (χ3v) is 2.59. The van der Waals surface area contributed by atoms with Crippen LogP contribution in [0.25, 0.3) is 0 Å². The van der Waals surface area contributed by atoms with Crippen LogP contribution in [0.3, 0.4) is 0 Å². The molecular weight excluding hydrogens is 260 g/mol. The zero-order chi connectivity index (χ0) is 15.0. The van der Waals surface area contributed by atoms with Crippen molar-refractivity contribution in [2.45, 2.75) is 27.2 Å². The average Bonchev–Trinajstić information content (AvgIpc) is 2.45. The Labute approximate surface area is 118 Å². The molecular formula is C15H20O5. The highest BCUT2D eigenvalue weighted by Gasteiger charge is 2.24. The Morgan fingerprint density at radius 2 is 1.70 bits per heavy atom. The average molecular weight is 280 g/mol. The summed E-state index contributed by atoms with van der Waals surface area (Å²) in [6.45, 7) is 6.37. The fraction of sp³-hybridized carbons (Fsp3) is 0.467. The summed E-state index contributed by atoms with van der Waals surface area (Å²) in [6.07, 6.45) is 5.18. The zero-order valence-corrected chi connectivity index (χ0v) is 12.1. The lowest BCUT2D eigenvalue weighted by Crippen LogP contribution is -2.18. The van der Waals surface area contributed by atoms with E-state index < -0.39 is 11.9 Å². The highest BCUT2D eigenvalue weighted by molar-refractivity contribution is 6.03. The normalized spacial score (nSPS) is 16.2. The Morgan fingerprint density at radius 3 is 2.30 bits per heavy atom. The maximum absolute atomic E-state index is 11.9. The molecule has 110 valence electrons. The maximum atomic E-state index is 11.9. The molecule has 1 aliphatic rings. The second-order valence-electron chi connectivity index (χ2n) is 3.99. The molecule has 0 unspecified atom stereocenters. The van der Waals surface area contributed by atoms with E-state index in [1.165, 1.54) is 0 Å². The SMILES string of the molecule is CCOC=C1C=CC(C(=O)OCC)=C(C(=O)OCC)C1. The topological polar surface area (TPSA) is 61.8 Å². The molecule has 1 rings (SSSR count). The quantitative estimate of drug-likeness (QED) is 0.552. The summed E-state index contributed by atoms with van der Waals surface area (Å²) in [7, 11) is 0. The van der Waals surface area contributed by atoms with Gasteiger partial charge in [-0.05, 0) is 32.4 Å². The Morgan fingerprint density at radius 1 is 1.05 bits per heavy atom. The second kappa shape index (κ2) is 8.19. The van der Waals surface area contributed by atoms with Gasteiger partial charge in [0.05, 0.1) is 37.2 Å². The van der Waals surface area contributed by atoms with E-state index in [0.717, 1.165) is 5.57 Å². The van der Waals surface area contributed by atoms with Crippen LogP contribution >= 0.6 is 0 Å². The van der Waals surface area contributed by atoms with Gasteiger partial charge in [-0.2, -0.15) is 0 Å². The van der Waals surface area contributed by atoms with Crippen LogP contribution in [0.2, 0.25) is 0 Å². The van der Waals surface area contributed by atoms with Crippen molar-refractivity contribution in [3.05, 3.63) is 35.1 Å². The van der Waals surface area contributed by atoms with E-state index in [9.17, 15) is 9.59 Å². The van der Waals surface area contributed by atoms with Crippen LogP contribution in [0.1, 0.15) is 27.2 Å². The van der Waals surface area contributed by atoms with Gasteiger partial charge in [0.15, 0.2) is 0 Å². The molecule has 0 aliphatic heterocycles. The van der Waals surface area contributed by atoms with Gasteiger partial charge in [0.1, 0.15) is 0 Å². The number of allylic oxidation sites excluding steroid dienone is 2. The first kappa shape index (κ1) is 16.0. The first-order chi connectivity index (χ1) is 9.63. The second-order valence-corrected chi connectivity index (χ2v) is 3.99. The van der Waals surface area contributed by atoms with Crippen molar-refractivity contribution in [2.75, 3.05) is 19.8 Å². The van der Waals surface area contributed by atoms with Crippen LogP contribution in [-0.4, -0.2) is 31.8 Å². The summed E-state index contributed by atoms with van der Waals surface area (Å²) >= 11 is 0.